The third kappa shape index (κ3) is 3.77. The predicted molar refractivity (Wildman–Crippen MR) is 62.6 cm³/mol. The van der Waals surface area contributed by atoms with Crippen LogP contribution < -0.4 is 4.74 Å². The van der Waals surface area contributed by atoms with Gasteiger partial charge < -0.3 is 9.84 Å². The fraction of sp³-hybridized carbons (Fsp3) is 0.308. The zero-order chi connectivity index (χ0) is 12.0. The molecule has 1 rings (SSSR count). The van der Waals surface area contributed by atoms with E-state index in [1.54, 1.807) is 13.0 Å². The molecule has 3 nitrogen and oxygen atoms in total. The summed E-state index contributed by atoms with van der Waals surface area (Å²) in [5.41, 5.74) is 1.00. The van der Waals surface area contributed by atoms with Crippen molar-refractivity contribution in [2.45, 2.75) is 13.3 Å². The summed E-state index contributed by atoms with van der Waals surface area (Å²) >= 11 is 0. The first-order valence-electron chi connectivity index (χ1n) is 5.19. The van der Waals surface area contributed by atoms with Crippen molar-refractivity contribution >= 4 is 5.97 Å². The second kappa shape index (κ2) is 5.95. The monoisotopic (exact) mass is 220 g/mol. The minimum atomic E-state index is -0.771. The number of carbonyl (C=O) groups is 1. The minimum Gasteiger partial charge on any atom is -0.490 e. The molecule has 3 heteroatoms. The van der Waals surface area contributed by atoms with Gasteiger partial charge in [-0.1, -0.05) is 31.7 Å². The molecule has 1 atom stereocenters. The van der Waals surface area contributed by atoms with E-state index >= 15 is 0 Å². The van der Waals surface area contributed by atoms with Crippen molar-refractivity contribution in [2.75, 3.05) is 6.61 Å². The van der Waals surface area contributed by atoms with Crippen LogP contribution in [0.3, 0.4) is 0 Å². The second-order valence-electron chi connectivity index (χ2n) is 3.69. The molecule has 0 aromatic heterocycles. The van der Waals surface area contributed by atoms with Crippen LogP contribution in [0.2, 0.25) is 0 Å². The standard InChI is InChI=1S/C13H16O3/c1-3-8-16-12-6-4-11(5-7-12)9-10(2)13(14)15/h3-7,10H,1,8-9H2,2H3,(H,14,15)/t10-/m0/s1. The smallest absolute Gasteiger partial charge is 0.306 e. The maximum Gasteiger partial charge on any atom is 0.306 e. The van der Waals surface area contributed by atoms with Gasteiger partial charge >= 0.3 is 5.97 Å². The van der Waals surface area contributed by atoms with Crippen LogP contribution in [0.1, 0.15) is 12.5 Å². The SMILES string of the molecule is C=CCOc1ccc(C[C@H](C)C(=O)O)cc1. The Kier molecular flexibility index (Phi) is 4.58. The van der Waals surface area contributed by atoms with Crippen LogP contribution in [0.25, 0.3) is 0 Å². The lowest BCUT2D eigenvalue weighted by Gasteiger charge is -2.07. The van der Waals surface area contributed by atoms with Crippen molar-refractivity contribution < 1.29 is 14.6 Å². The van der Waals surface area contributed by atoms with Crippen molar-refractivity contribution in [2.24, 2.45) is 5.92 Å². The van der Waals surface area contributed by atoms with Gasteiger partial charge in [-0.15, -0.1) is 0 Å². The molecule has 16 heavy (non-hydrogen) atoms. The zero-order valence-corrected chi connectivity index (χ0v) is 9.35. The second-order valence-corrected chi connectivity index (χ2v) is 3.69. The molecule has 86 valence electrons. The van der Waals surface area contributed by atoms with E-state index in [1.807, 2.05) is 24.3 Å². The summed E-state index contributed by atoms with van der Waals surface area (Å²) in [6, 6.07) is 7.45. The van der Waals surface area contributed by atoms with Crippen molar-refractivity contribution in [3.8, 4) is 5.75 Å². The Morgan fingerprint density at radius 3 is 2.62 bits per heavy atom. The van der Waals surface area contributed by atoms with Crippen molar-refractivity contribution in [3.63, 3.8) is 0 Å². The van der Waals surface area contributed by atoms with Crippen molar-refractivity contribution in [3.05, 3.63) is 42.5 Å². The van der Waals surface area contributed by atoms with Gasteiger partial charge in [-0.25, -0.2) is 0 Å². The molecule has 0 amide bonds. The van der Waals surface area contributed by atoms with Crippen LogP contribution in [0, 0.1) is 5.92 Å². The Labute approximate surface area is 95.4 Å². The first-order chi connectivity index (χ1) is 7.63. The first kappa shape index (κ1) is 12.3. The highest BCUT2D eigenvalue weighted by Crippen LogP contribution is 2.15. The van der Waals surface area contributed by atoms with E-state index in [2.05, 4.69) is 6.58 Å². The molecule has 0 unspecified atom stereocenters. The zero-order valence-electron chi connectivity index (χ0n) is 9.35. The van der Waals surface area contributed by atoms with Gasteiger partial charge in [-0.3, -0.25) is 4.79 Å². The third-order valence-corrected chi connectivity index (χ3v) is 2.25. The number of hydrogen-bond donors (Lipinski definition) is 1. The summed E-state index contributed by atoms with van der Waals surface area (Å²) in [4.78, 5) is 10.7. The van der Waals surface area contributed by atoms with Gasteiger partial charge in [-0.2, -0.15) is 0 Å². The van der Waals surface area contributed by atoms with E-state index < -0.39 is 5.97 Å². The Morgan fingerprint density at radius 1 is 1.50 bits per heavy atom. The van der Waals surface area contributed by atoms with E-state index in [-0.39, 0.29) is 5.92 Å². The topological polar surface area (TPSA) is 46.5 Å². The quantitative estimate of drug-likeness (QED) is 0.749. The fourth-order valence-electron chi connectivity index (χ4n) is 1.32. The van der Waals surface area contributed by atoms with Gasteiger partial charge in [0, 0.05) is 0 Å². The molecular weight excluding hydrogens is 204 g/mol. The average Bonchev–Trinajstić information content (AvgIpc) is 2.28. The number of hydrogen-bond acceptors (Lipinski definition) is 2. The number of benzene rings is 1. The van der Waals surface area contributed by atoms with Gasteiger partial charge in [0.25, 0.3) is 0 Å². The molecule has 0 saturated heterocycles. The lowest BCUT2D eigenvalue weighted by Crippen LogP contribution is -2.12. The molecular formula is C13H16O3. The summed E-state index contributed by atoms with van der Waals surface area (Å²) in [7, 11) is 0. The van der Waals surface area contributed by atoms with Gasteiger partial charge in [-0.05, 0) is 24.1 Å². The van der Waals surface area contributed by atoms with Crippen LogP contribution >= 0.6 is 0 Å². The highest BCUT2D eigenvalue weighted by molar-refractivity contribution is 5.69. The normalized spacial score (nSPS) is 11.8. The molecule has 0 bridgehead atoms. The number of aliphatic carboxylic acids is 1. The van der Waals surface area contributed by atoms with Crippen LogP contribution in [-0.4, -0.2) is 17.7 Å². The minimum absolute atomic E-state index is 0.361. The summed E-state index contributed by atoms with van der Waals surface area (Å²) in [6.45, 7) is 5.74. The molecule has 0 aliphatic rings. The summed E-state index contributed by atoms with van der Waals surface area (Å²) < 4.78 is 5.33. The average molecular weight is 220 g/mol. The number of carboxylic acid groups (broad SMARTS) is 1. The molecule has 1 N–H and O–H groups in total. The summed E-state index contributed by atoms with van der Waals surface area (Å²) in [5.74, 6) is -0.362. The molecule has 0 fully saturated rings. The fourth-order valence-corrected chi connectivity index (χ4v) is 1.32. The third-order valence-electron chi connectivity index (χ3n) is 2.25. The largest absolute Gasteiger partial charge is 0.490 e. The maximum atomic E-state index is 10.7. The lowest BCUT2D eigenvalue weighted by molar-refractivity contribution is -0.141. The number of rotatable bonds is 6. The molecule has 0 aliphatic heterocycles. The molecule has 0 spiro atoms. The molecule has 0 saturated carbocycles. The Morgan fingerprint density at radius 2 is 2.12 bits per heavy atom. The van der Waals surface area contributed by atoms with Crippen LogP contribution in [0.4, 0.5) is 0 Å². The van der Waals surface area contributed by atoms with Gasteiger partial charge in [0.2, 0.25) is 0 Å². The Balaban J connectivity index is 2.57. The van der Waals surface area contributed by atoms with Gasteiger partial charge in [0.15, 0.2) is 0 Å². The Bertz CT molecular complexity index is 354. The molecule has 1 aromatic carbocycles. The van der Waals surface area contributed by atoms with E-state index in [0.29, 0.717) is 13.0 Å². The predicted octanol–water partition coefficient (Wildman–Crippen LogP) is 2.51. The van der Waals surface area contributed by atoms with Crippen molar-refractivity contribution in [1.29, 1.82) is 0 Å². The lowest BCUT2D eigenvalue weighted by atomic mass is 10.0. The molecule has 0 heterocycles. The van der Waals surface area contributed by atoms with Crippen LogP contribution in [-0.2, 0) is 11.2 Å². The van der Waals surface area contributed by atoms with E-state index in [4.69, 9.17) is 9.84 Å². The van der Waals surface area contributed by atoms with Crippen LogP contribution in [0.15, 0.2) is 36.9 Å². The van der Waals surface area contributed by atoms with Gasteiger partial charge in [0.1, 0.15) is 12.4 Å². The maximum absolute atomic E-state index is 10.7. The molecule has 0 aliphatic carbocycles. The summed E-state index contributed by atoms with van der Waals surface area (Å²) in [5, 5.41) is 8.78. The first-order valence-corrected chi connectivity index (χ1v) is 5.19. The highest BCUT2D eigenvalue weighted by atomic mass is 16.5. The van der Waals surface area contributed by atoms with Gasteiger partial charge in [0.05, 0.1) is 5.92 Å². The Hall–Kier alpha value is -1.77. The van der Waals surface area contributed by atoms with E-state index in [1.165, 1.54) is 0 Å². The van der Waals surface area contributed by atoms with E-state index in [0.717, 1.165) is 11.3 Å². The molecule has 1 aromatic rings. The van der Waals surface area contributed by atoms with Crippen LogP contribution in [0.5, 0.6) is 5.75 Å². The number of ether oxygens (including phenoxy) is 1. The van der Waals surface area contributed by atoms with Crippen molar-refractivity contribution in [1.82, 2.24) is 0 Å². The summed E-state index contributed by atoms with van der Waals surface area (Å²) in [6.07, 6.45) is 2.22. The highest BCUT2D eigenvalue weighted by Gasteiger charge is 2.11. The number of carboxylic acids is 1. The van der Waals surface area contributed by atoms with E-state index in [9.17, 15) is 4.79 Å². The molecule has 0 radical (unpaired) electrons.